The van der Waals surface area contributed by atoms with Crippen LogP contribution in [0.4, 0.5) is 0 Å². The van der Waals surface area contributed by atoms with E-state index in [9.17, 15) is 0 Å². The highest BCUT2D eigenvalue weighted by Gasteiger charge is 2.15. The lowest BCUT2D eigenvalue weighted by molar-refractivity contribution is 0.465. The third-order valence-electron chi connectivity index (χ3n) is 3.01. The van der Waals surface area contributed by atoms with E-state index in [1.807, 2.05) is 18.3 Å². The average molecular weight is 205 g/mol. The van der Waals surface area contributed by atoms with E-state index in [-0.39, 0.29) is 0 Å². The van der Waals surface area contributed by atoms with Gasteiger partial charge in [0.15, 0.2) is 0 Å². The molecule has 3 nitrogen and oxygen atoms in total. The molecule has 0 spiro atoms. The molecule has 2 heterocycles. The van der Waals surface area contributed by atoms with Crippen LogP contribution in [0.3, 0.4) is 0 Å². The molecule has 0 unspecified atom stereocenters. The van der Waals surface area contributed by atoms with Crippen molar-refractivity contribution in [1.82, 2.24) is 15.6 Å². The van der Waals surface area contributed by atoms with Gasteiger partial charge in [-0.25, -0.2) is 0 Å². The van der Waals surface area contributed by atoms with Crippen molar-refractivity contribution in [3.63, 3.8) is 0 Å². The highest BCUT2D eigenvalue weighted by molar-refractivity contribution is 5.07. The molecule has 3 heteroatoms. The minimum atomic E-state index is 0.354. The first-order valence-electron chi connectivity index (χ1n) is 5.71. The van der Waals surface area contributed by atoms with Crippen LogP contribution in [0.25, 0.3) is 0 Å². The normalized spacial score (nSPS) is 22.9. The third-order valence-corrected chi connectivity index (χ3v) is 3.01. The van der Waals surface area contributed by atoms with Gasteiger partial charge in [-0.1, -0.05) is 6.07 Å². The topological polar surface area (TPSA) is 37.0 Å². The Morgan fingerprint density at radius 1 is 1.60 bits per heavy atom. The van der Waals surface area contributed by atoms with E-state index in [1.165, 1.54) is 13.0 Å². The van der Waals surface area contributed by atoms with E-state index >= 15 is 0 Å². The Morgan fingerprint density at radius 2 is 2.53 bits per heavy atom. The van der Waals surface area contributed by atoms with Crippen molar-refractivity contribution in [3.8, 4) is 0 Å². The Morgan fingerprint density at radius 3 is 3.20 bits per heavy atom. The molecule has 82 valence electrons. The first-order valence-corrected chi connectivity index (χ1v) is 5.71. The van der Waals surface area contributed by atoms with Crippen LogP contribution in [0.5, 0.6) is 0 Å². The molecule has 2 rings (SSSR count). The van der Waals surface area contributed by atoms with Crippen LogP contribution < -0.4 is 10.6 Å². The lowest BCUT2D eigenvalue weighted by atomic mass is 10.1. The molecular formula is C12H19N3. The quantitative estimate of drug-likeness (QED) is 0.779. The second-order valence-corrected chi connectivity index (χ2v) is 4.24. The summed E-state index contributed by atoms with van der Waals surface area (Å²) in [7, 11) is 0. The molecule has 0 saturated carbocycles. The molecule has 0 aliphatic carbocycles. The van der Waals surface area contributed by atoms with Gasteiger partial charge in [-0.2, -0.15) is 0 Å². The maximum Gasteiger partial charge on any atom is 0.0570 e. The number of hydrogen-bond donors (Lipinski definition) is 2. The summed E-state index contributed by atoms with van der Waals surface area (Å²) >= 11 is 0. The largest absolute Gasteiger partial charge is 0.316 e. The first-order chi connectivity index (χ1) is 7.36. The molecule has 2 atom stereocenters. The summed E-state index contributed by atoms with van der Waals surface area (Å²) in [5.74, 6) is 0.788. The molecule has 1 aromatic heterocycles. The van der Waals surface area contributed by atoms with Gasteiger partial charge in [0.25, 0.3) is 0 Å². The van der Waals surface area contributed by atoms with Crippen LogP contribution in [0.1, 0.15) is 25.1 Å². The molecule has 15 heavy (non-hydrogen) atoms. The zero-order chi connectivity index (χ0) is 10.5. The second-order valence-electron chi connectivity index (χ2n) is 4.24. The van der Waals surface area contributed by atoms with Crippen molar-refractivity contribution in [1.29, 1.82) is 0 Å². The van der Waals surface area contributed by atoms with Crippen molar-refractivity contribution in [2.45, 2.75) is 19.4 Å². The molecule has 1 aromatic rings. The Balaban J connectivity index is 1.79. The van der Waals surface area contributed by atoms with E-state index in [4.69, 9.17) is 0 Å². The molecule has 0 amide bonds. The zero-order valence-corrected chi connectivity index (χ0v) is 9.24. The molecule has 0 radical (unpaired) electrons. The number of nitrogens with zero attached hydrogens (tertiary/aromatic N) is 1. The van der Waals surface area contributed by atoms with E-state index < -0.39 is 0 Å². The maximum atomic E-state index is 4.35. The summed E-state index contributed by atoms with van der Waals surface area (Å²) in [6, 6.07) is 6.42. The smallest absolute Gasteiger partial charge is 0.0570 e. The van der Waals surface area contributed by atoms with Crippen molar-refractivity contribution in [2.24, 2.45) is 5.92 Å². The molecule has 2 N–H and O–H groups in total. The fraction of sp³-hybridized carbons (Fsp3) is 0.583. The fourth-order valence-corrected chi connectivity index (χ4v) is 1.97. The van der Waals surface area contributed by atoms with Crippen LogP contribution >= 0.6 is 0 Å². The van der Waals surface area contributed by atoms with Crippen LogP contribution in [0, 0.1) is 5.92 Å². The highest BCUT2D eigenvalue weighted by Crippen LogP contribution is 2.11. The van der Waals surface area contributed by atoms with Crippen LogP contribution in [-0.4, -0.2) is 24.6 Å². The van der Waals surface area contributed by atoms with Gasteiger partial charge in [0, 0.05) is 12.2 Å². The second kappa shape index (κ2) is 5.24. The molecule has 0 bridgehead atoms. The lowest BCUT2D eigenvalue weighted by Gasteiger charge is -2.16. The van der Waals surface area contributed by atoms with Gasteiger partial charge in [-0.3, -0.25) is 4.98 Å². The summed E-state index contributed by atoms with van der Waals surface area (Å²) in [6.07, 6.45) is 3.15. The summed E-state index contributed by atoms with van der Waals surface area (Å²) in [5.41, 5.74) is 1.13. The van der Waals surface area contributed by atoms with Gasteiger partial charge < -0.3 is 10.6 Å². The predicted molar refractivity (Wildman–Crippen MR) is 61.6 cm³/mol. The van der Waals surface area contributed by atoms with Gasteiger partial charge >= 0.3 is 0 Å². The van der Waals surface area contributed by atoms with Gasteiger partial charge in [-0.05, 0) is 51.0 Å². The Labute approximate surface area is 91.3 Å². The number of hydrogen-bond acceptors (Lipinski definition) is 3. The monoisotopic (exact) mass is 205 g/mol. The fourth-order valence-electron chi connectivity index (χ4n) is 1.97. The first kappa shape index (κ1) is 10.6. The zero-order valence-electron chi connectivity index (χ0n) is 9.24. The molecular weight excluding hydrogens is 186 g/mol. The molecule has 1 fully saturated rings. The minimum Gasteiger partial charge on any atom is -0.316 e. The summed E-state index contributed by atoms with van der Waals surface area (Å²) in [6.45, 7) is 5.59. The summed E-state index contributed by atoms with van der Waals surface area (Å²) in [4.78, 5) is 4.35. The molecule has 0 aromatic carbocycles. The minimum absolute atomic E-state index is 0.354. The van der Waals surface area contributed by atoms with Gasteiger partial charge in [0.1, 0.15) is 0 Å². The predicted octanol–water partition coefficient (Wildman–Crippen LogP) is 1.34. The maximum absolute atomic E-state index is 4.35. The van der Waals surface area contributed by atoms with Crippen molar-refractivity contribution in [3.05, 3.63) is 30.1 Å². The SMILES string of the molecule is C[C@@H](NC[C@H]1CCNC1)c1ccccn1. The van der Waals surface area contributed by atoms with Gasteiger partial charge in [0.05, 0.1) is 5.69 Å². The molecule has 1 aliphatic rings. The molecule has 1 saturated heterocycles. The number of pyridine rings is 1. The Hall–Kier alpha value is -0.930. The number of nitrogens with one attached hydrogen (secondary N) is 2. The van der Waals surface area contributed by atoms with E-state index in [0.29, 0.717) is 6.04 Å². The van der Waals surface area contributed by atoms with E-state index in [2.05, 4.69) is 28.6 Å². The average Bonchev–Trinajstić information content (AvgIpc) is 2.80. The Bertz CT molecular complexity index is 280. The summed E-state index contributed by atoms with van der Waals surface area (Å²) in [5, 5.41) is 6.92. The van der Waals surface area contributed by atoms with Gasteiger partial charge in [-0.15, -0.1) is 0 Å². The standard InChI is InChI=1S/C12H19N3/c1-10(12-4-2-3-6-14-12)15-9-11-5-7-13-8-11/h2-4,6,10-11,13,15H,5,7-9H2,1H3/t10-,11+/m1/s1. The van der Waals surface area contributed by atoms with E-state index in [1.54, 1.807) is 0 Å². The number of aromatic nitrogens is 1. The van der Waals surface area contributed by atoms with Crippen LogP contribution in [0.15, 0.2) is 24.4 Å². The van der Waals surface area contributed by atoms with Crippen molar-refractivity contribution >= 4 is 0 Å². The molecule has 1 aliphatic heterocycles. The van der Waals surface area contributed by atoms with Crippen molar-refractivity contribution in [2.75, 3.05) is 19.6 Å². The van der Waals surface area contributed by atoms with Crippen LogP contribution in [-0.2, 0) is 0 Å². The number of rotatable bonds is 4. The highest BCUT2D eigenvalue weighted by atomic mass is 15.0. The van der Waals surface area contributed by atoms with Crippen LogP contribution in [0.2, 0.25) is 0 Å². The third kappa shape index (κ3) is 3.01. The van der Waals surface area contributed by atoms with E-state index in [0.717, 1.165) is 24.7 Å². The van der Waals surface area contributed by atoms with Gasteiger partial charge in [0.2, 0.25) is 0 Å². The Kier molecular flexibility index (Phi) is 3.69. The lowest BCUT2D eigenvalue weighted by Crippen LogP contribution is -2.27. The summed E-state index contributed by atoms with van der Waals surface area (Å²) < 4.78 is 0. The van der Waals surface area contributed by atoms with Crippen molar-refractivity contribution < 1.29 is 0 Å².